The third kappa shape index (κ3) is 3.01. The van der Waals surface area contributed by atoms with Crippen molar-refractivity contribution in [3.63, 3.8) is 0 Å². The highest BCUT2D eigenvalue weighted by atomic mass is 14.6. The molecule has 0 radical (unpaired) electrons. The molecule has 0 unspecified atom stereocenters. The highest BCUT2D eigenvalue weighted by molar-refractivity contribution is 5.81. The molecule has 6 fully saturated rings. The topological polar surface area (TPSA) is 0 Å². The molecule has 6 saturated carbocycles. The van der Waals surface area contributed by atoms with E-state index in [2.05, 4.69) is 48.5 Å². The fourth-order valence-electron chi connectivity index (χ4n) is 10.3. The molecule has 0 aromatic heterocycles. The van der Waals surface area contributed by atoms with Gasteiger partial charge in [0.1, 0.15) is 0 Å². The average Bonchev–Trinajstić information content (AvgIpc) is 3.52. The van der Waals surface area contributed by atoms with Gasteiger partial charge in [0.25, 0.3) is 0 Å². The lowest BCUT2D eigenvalue weighted by Crippen LogP contribution is -2.48. The summed E-state index contributed by atoms with van der Waals surface area (Å²) in [6.07, 6.45) is 21.6. The number of hydrogen-bond acceptors (Lipinski definition) is 0. The monoisotopic (exact) mass is 434 g/mol. The lowest BCUT2D eigenvalue weighted by Gasteiger charge is -2.57. The lowest BCUT2D eigenvalue weighted by atomic mass is 9.48. The van der Waals surface area contributed by atoms with Crippen molar-refractivity contribution in [2.45, 2.75) is 88.9 Å². The summed E-state index contributed by atoms with van der Waals surface area (Å²) in [6, 6.07) is 17.0. The van der Waals surface area contributed by atoms with Gasteiger partial charge in [0.2, 0.25) is 0 Å². The van der Waals surface area contributed by atoms with Gasteiger partial charge in [0.05, 0.1) is 0 Å². The zero-order chi connectivity index (χ0) is 21.6. The van der Waals surface area contributed by atoms with Gasteiger partial charge in [0.15, 0.2) is 0 Å². The SMILES string of the molecule is C1=C(CC23CCC(CC2)C3)Cc2cccc(-c3ccc(C45CC6CC(CC(C6)C4)C5)cc3)c21. The van der Waals surface area contributed by atoms with E-state index in [0.717, 1.165) is 23.7 Å². The molecule has 0 saturated heterocycles. The number of allylic oxidation sites excluding steroid dienone is 1. The zero-order valence-electron chi connectivity index (χ0n) is 20.1. The minimum Gasteiger partial charge on any atom is -0.0646 e. The fourth-order valence-corrected chi connectivity index (χ4v) is 10.3. The Kier molecular flexibility index (Phi) is 4.05. The third-order valence-electron chi connectivity index (χ3n) is 11.3. The Balaban J connectivity index is 1.09. The van der Waals surface area contributed by atoms with Crippen molar-refractivity contribution in [1.29, 1.82) is 0 Å². The minimum absolute atomic E-state index is 0.513. The number of fused-ring (bicyclic) bond motifs is 3. The predicted molar refractivity (Wildman–Crippen MR) is 137 cm³/mol. The maximum absolute atomic E-state index is 2.60. The third-order valence-corrected chi connectivity index (χ3v) is 11.3. The molecule has 7 aliphatic carbocycles. The number of benzene rings is 2. The molecule has 0 amide bonds. The van der Waals surface area contributed by atoms with Gasteiger partial charge in [-0.15, -0.1) is 0 Å². The predicted octanol–water partition coefficient (Wildman–Crippen LogP) is 8.73. The first-order valence-corrected chi connectivity index (χ1v) is 14.1. The van der Waals surface area contributed by atoms with E-state index in [-0.39, 0.29) is 0 Å². The number of hydrogen-bond donors (Lipinski definition) is 0. The van der Waals surface area contributed by atoms with Gasteiger partial charge in [-0.25, -0.2) is 0 Å². The van der Waals surface area contributed by atoms with Crippen molar-refractivity contribution in [2.24, 2.45) is 29.1 Å². The Morgan fingerprint density at radius 1 is 0.727 bits per heavy atom. The van der Waals surface area contributed by atoms with Gasteiger partial charge in [-0.3, -0.25) is 0 Å². The van der Waals surface area contributed by atoms with E-state index < -0.39 is 0 Å². The van der Waals surface area contributed by atoms with Gasteiger partial charge >= 0.3 is 0 Å². The van der Waals surface area contributed by atoms with E-state index in [0.29, 0.717) is 10.8 Å². The van der Waals surface area contributed by atoms with E-state index in [1.165, 1.54) is 100 Å². The van der Waals surface area contributed by atoms with Crippen LogP contribution in [-0.4, -0.2) is 0 Å². The molecule has 0 spiro atoms. The van der Waals surface area contributed by atoms with Crippen LogP contribution in [0.1, 0.15) is 93.7 Å². The smallest absolute Gasteiger partial charge is 0.00391 e. The molecule has 0 N–H and O–H groups in total. The van der Waals surface area contributed by atoms with Crippen LogP contribution in [0.15, 0.2) is 48.0 Å². The highest BCUT2D eigenvalue weighted by Gasteiger charge is 2.51. The average molecular weight is 435 g/mol. The molecule has 0 nitrogen and oxygen atoms in total. The summed E-state index contributed by atoms with van der Waals surface area (Å²) in [6.45, 7) is 0. The van der Waals surface area contributed by atoms with Crippen LogP contribution in [-0.2, 0) is 11.8 Å². The molecule has 170 valence electrons. The molecule has 0 atom stereocenters. The minimum atomic E-state index is 0.513. The van der Waals surface area contributed by atoms with Crippen LogP contribution in [0.4, 0.5) is 0 Å². The van der Waals surface area contributed by atoms with Crippen LogP contribution < -0.4 is 0 Å². The van der Waals surface area contributed by atoms with E-state index in [9.17, 15) is 0 Å². The molecule has 0 aliphatic heterocycles. The molecule has 0 heterocycles. The Bertz CT molecular complexity index is 1090. The molecular formula is C33H38. The first kappa shape index (κ1) is 19.5. The first-order valence-electron chi connectivity index (χ1n) is 14.1. The molecule has 9 rings (SSSR count). The summed E-state index contributed by atoms with van der Waals surface area (Å²) in [5.74, 6) is 4.11. The van der Waals surface area contributed by atoms with Crippen LogP contribution >= 0.6 is 0 Å². The van der Waals surface area contributed by atoms with Gasteiger partial charge < -0.3 is 0 Å². The molecular weight excluding hydrogens is 396 g/mol. The molecule has 7 aliphatic rings. The summed E-state index contributed by atoms with van der Waals surface area (Å²) < 4.78 is 0. The van der Waals surface area contributed by atoms with E-state index in [1.807, 2.05) is 0 Å². The molecule has 6 bridgehead atoms. The number of rotatable bonds is 4. The summed E-state index contributed by atoms with van der Waals surface area (Å²) in [4.78, 5) is 0. The van der Waals surface area contributed by atoms with Crippen molar-refractivity contribution < 1.29 is 0 Å². The van der Waals surface area contributed by atoms with Crippen LogP contribution in [0, 0.1) is 29.1 Å². The second kappa shape index (κ2) is 6.87. The Hall–Kier alpha value is -1.82. The normalized spacial score (nSPS) is 39.8. The van der Waals surface area contributed by atoms with Gasteiger partial charge in [-0.05, 0) is 146 Å². The van der Waals surface area contributed by atoms with E-state index in [1.54, 1.807) is 16.7 Å². The summed E-state index contributed by atoms with van der Waals surface area (Å²) >= 11 is 0. The molecule has 33 heavy (non-hydrogen) atoms. The lowest BCUT2D eigenvalue weighted by molar-refractivity contribution is -0.00518. The summed E-state index contributed by atoms with van der Waals surface area (Å²) in [7, 11) is 0. The second-order valence-electron chi connectivity index (χ2n) is 13.5. The van der Waals surface area contributed by atoms with Crippen molar-refractivity contribution in [3.05, 3.63) is 64.7 Å². The largest absolute Gasteiger partial charge is 0.0646 e. The van der Waals surface area contributed by atoms with Crippen molar-refractivity contribution in [2.75, 3.05) is 0 Å². The Labute approximate surface area is 199 Å². The van der Waals surface area contributed by atoms with Crippen LogP contribution in [0.3, 0.4) is 0 Å². The Morgan fingerprint density at radius 3 is 2.06 bits per heavy atom. The summed E-state index contributed by atoms with van der Waals surface area (Å²) in [5, 5.41) is 0. The van der Waals surface area contributed by atoms with Gasteiger partial charge in [-0.1, -0.05) is 54.1 Å². The highest BCUT2D eigenvalue weighted by Crippen LogP contribution is 2.61. The van der Waals surface area contributed by atoms with E-state index in [4.69, 9.17) is 0 Å². The molecule has 0 heteroatoms. The van der Waals surface area contributed by atoms with Crippen LogP contribution in [0.2, 0.25) is 0 Å². The van der Waals surface area contributed by atoms with Crippen molar-refractivity contribution in [3.8, 4) is 11.1 Å². The maximum Gasteiger partial charge on any atom is -0.00391 e. The standard InChI is InChI=1S/C33H38/c1-2-28-15-26(18-32-10-8-22(17-32)9-11-32)16-31(28)30(3-1)27-4-6-29(7-5-27)33-19-23-12-24(20-33)14-25(13-23)21-33/h1-7,16,22-25H,8-15,17-21H2. The van der Waals surface area contributed by atoms with Crippen molar-refractivity contribution in [1.82, 2.24) is 0 Å². The quantitative estimate of drug-likeness (QED) is 0.451. The summed E-state index contributed by atoms with van der Waals surface area (Å²) in [5.41, 5.74) is 10.5. The maximum atomic E-state index is 2.60. The second-order valence-corrected chi connectivity index (χ2v) is 13.5. The molecule has 2 aromatic carbocycles. The van der Waals surface area contributed by atoms with Gasteiger partial charge in [-0.2, -0.15) is 0 Å². The fraction of sp³-hybridized carbons (Fsp3) is 0.576. The van der Waals surface area contributed by atoms with Crippen LogP contribution in [0.25, 0.3) is 17.2 Å². The van der Waals surface area contributed by atoms with E-state index >= 15 is 0 Å². The first-order chi connectivity index (χ1) is 16.2. The Morgan fingerprint density at radius 2 is 1.42 bits per heavy atom. The van der Waals surface area contributed by atoms with Crippen molar-refractivity contribution >= 4 is 6.08 Å². The molecule has 2 aromatic rings. The zero-order valence-corrected chi connectivity index (χ0v) is 20.1. The van der Waals surface area contributed by atoms with Crippen LogP contribution in [0.5, 0.6) is 0 Å². The van der Waals surface area contributed by atoms with Gasteiger partial charge in [0, 0.05) is 0 Å².